The first-order valence-corrected chi connectivity index (χ1v) is 18.0. The topological polar surface area (TPSA) is 86.8 Å². The number of rotatable bonds is 12. The fourth-order valence-electron chi connectivity index (χ4n) is 5.99. The molecule has 47 heavy (non-hydrogen) atoms. The number of aryl methyl sites for hydroxylation is 2. The van der Waals surface area contributed by atoms with Crippen LogP contribution in [0.25, 0.3) is 0 Å². The Morgan fingerprint density at radius 3 is 2.04 bits per heavy atom. The maximum Gasteiger partial charge on any atom is 0.264 e. The molecule has 0 aliphatic heterocycles. The first-order valence-electron chi connectivity index (χ1n) is 16.1. The second-order valence-electron chi connectivity index (χ2n) is 12.3. The van der Waals surface area contributed by atoms with Gasteiger partial charge >= 0.3 is 0 Å². The van der Waals surface area contributed by atoms with Crippen molar-refractivity contribution >= 4 is 39.1 Å². The summed E-state index contributed by atoms with van der Waals surface area (Å²) in [5.74, 6) is -0.773. The second-order valence-corrected chi connectivity index (χ2v) is 14.6. The normalized spacial score (nSPS) is 14.3. The van der Waals surface area contributed by atoms with Crippen molar-refractivity contribution in [2.75, 3.05) is 10.8 Å². The molecule has 246 valence electrons. The van der Waals surface area contributed by atoms with Crippen LogP contribution in [0.2, 0.25) is 5.02 Å². The standard InChI is InChI=1S/C38H42ClN3O4S/c1-28-17-21-33(22-18-28)42(47(45,46)34-23-19-29(2)20-24-34)27-37(43)41(26-31-13-9-10-16-35(31)39)36(25-30-11-5-3-6-12-30)38(44)40-32-14-7-4-8-15-32/h3,5-6,9-13,16-24,32,36H,4,7-8,14-15,25-27H2,1-2H3,(H,40,44)/t36-/m0/s1. The van der Waals surface area contributed by atoms with Gasteiger partial charge < -0.3 is 10.2 Å². The zero-order valence-corrected chi connectivity index (χ0v) is 28.5. The molecular weight excluding hydrogens is 630 g/mol. The Labute approximate surface area is 283 Å². The zero-order chi connectivity index (χ0) is 33.4. The van der Waals surface area contributed by atoms with Crippen LogP contribution in [0.15, 0.2) is 108 Å². The summed E-state index contributed by atoms with van der Waals surface area (Å²) in [5, 5.41) is 3.69. The van der Waals surface area contributed by atoms with E-state index in [0.29, 0.717) is 16.3 Å². The van der Waals surface area contributed by atoms with Crippen LogP contribution in [-0.2, 0) is 32.6 Å². The van der Waals surface area contributed by atoms with E-state index < -0.39 is 28.5 Å². The molecule has 1 fully saturated rings. The number of carbonyl (C=O) groups excluding carboxylic acids is 2. The van der Waals surface area contributed by atoms with Crippen LogP contribution in [0.5, 0.6) is 0 Å². The monoisotopic (exact) mass is 671 g/mol. The first kappa shape index (κ1) is 34.2. The summed E-state index contributed by atoms with van der Waals surface area (Å²) in [6, 6.07) is 29.5. The van der Waals surface area contributed by atoms with Gasteiger partial charge in [-0.2, -0.15) is 0 Å². The van der Waals surface area contributed by atoms with E-state index in [0.717, 1.165) is 53.1 Å². The van der Waals surface area contributed by atoms with E-state index in [1.165, 1.54) is 4.90 Å². The third-order valence-corrected chi connectivity index (χ3v) is 10.9. The molecule has 4 aromatic carbocycles. The minimum Gasteiger partial charge on any atom is -0.352 e. The van der Waals surface area contributed by atoms with Gasteiger partial charge in [-0.25, -0.2) is 8.42 Å². The Balaban J connectivity index is 1.56. The summed E-state index contributed by atoms with van der Waals surface area (Å²) >= 11 is 6.61. The number of amides is 2. The van der Waals surface area contributed by atoms with Crippen molar-refractivity contribution in [3.05, 3.63) is 130 Å². The van der Waals surface area contributed by atoms with E-state index in [1.807, 2.05) is 74.5 Å². The van der Waals surface area contributed by atoms with Gasteiger partial charge in [-0.15, -0.1) is 0 Å². The highest BCUT2D eigenvalue weighted by Crippen LogP contribution is 2.27. The minimum absolute atomic E-state index is 0.0257. The molecule has 2 amide bonds. The van der Waals surface area contributed by atoms with Crippen LogP contribution < -0.4 is 9.62 Å². The maximum atomic E-state index is 14.7. The average molecular weight is 672 g/mol. The highest BCUT2D eigenvalue weighted by Gasteiger charge is 2.35. The Bertz CT molecular complexity index is 1760. The van der Waals surface area contributed by atoms with Crippen LogP contribution >= 0.6 is 11.6 Å². The van der Waals surface area contributed by atoms with Crippen molar-refractivity contribution < 1.29 is 18.0 Å². The summed E-state index contributed by atoms with van der Waals surface area (Å²) in [6.07, 6.45) is 5.25. The molecule has 1 atom stereocenters. The Kier molecular flexibility index (Phi) is 11.4. The number of halogens is 1. The molecule has 0 saturated heterocycles. The summed E-state index contributed by atoms with van der Waals surface area (Å²) < 4.78 is 29.6. The van der Waals surface area contributed by atoms with Crippen LogP contribution in [-0.4, -0.2) is 43.8 Å². The molecule has 9 heteroatoms. The summed E-state index contributed by atoms with van der Waals surface area (Å²) in [7, 11) is -4.16. The second kappa shape index (κ2) is 15.6. The molecule has 4 aromatic rings. The van der Waals surface area contributed by atoms with Gasteiger partial charge in [-0.3, -0.25) is 13.9 Å². The van der Waals surface area contributed by atoms with Gasteiger partial charge in [-0.05, 0) is 68.1 Å². The van der Waals surface area contributed by atoms with Gasteiger partial charge in [0.2, 0.25) is 11.8 Å². The smallest absolute Gasteiger partial charge is 0.264 e. The first-order chi connectivity index (χ1) is 22.6. The van der Waals surface area contributed by atoms with Gasteiger partial charge in [0.25, 0.3) is 10.0 Å². The largest absolute Gasteiger partial charge is 0.352 e. The van der Waals surface area contributed by atoms with Crippen LogP contribution in [0.3, 0.4) is 0 Å². The van der Waals surface area contributed by atoms with Crippen molar-refractivity contribution in [3.63, 3.8) is 0 Å². The molecule has 1 aliphatic carbocycles. The summed E-state index contributed by atoms with van der Waals surface area (Å²) in [5.41, 5.74) is 3.77. The predicted octanol–water partition coefficient (Wildman–Crippen LogP) is 7.24. The molecular formula is C38H42ClN3O4S. The van der Waals surface area contributed by atoms with Crippen LogP contribution in [0.1, 0.15) is 54.4 Å². The van der Waals surface area contributed by atoms with E-state index in [4.69, 9.17) is 11.6 Å². The van der Waals surface area contributed by atoms with Crippen molar-refractivity contribution in [1.29, 1.82) is 0 Å². The average Bonchev–Trinajstić information content (AvgIpc) is 3.07. The van der Waals surface area contributed by atoms with Crippen LogP contribution in [0, 0.1) is 13.8 Å². The number of anilines is 1. The number of carbonyl (C=O) groups is 2. The number of benzene rings is 4. The molecule has 1 saturated carbocycles. The lowest BCUT2D eigenvalue weighted by Gasteiger charge is -2.35. The van der Waals surface area contributed by atoms with Crippen molar-refractivity contribution in [2.45, 2.75) is 75.9 Å². The number of sulfonamides is 1. The number of hydrogen-bond donors (Lipinski definition) is 1. The fraction of sp³-hybridized carbons (Fsp3) is 0.316. The summed E-state index contributed by atoms with van der Waals surface area (Å²) in [6.45, 7) is 3.32. The van der Waals surface area contributed by atoms with E-state index >= 15 is 0 Å². The zero-order valence-electron chi connectivity index (χ0n) is 26.9. The fourth-order valence-corrected chi connectivity index (χ4v) is 7.60. The number of nitrogens with one attached hydrogen (secondary N) is 1. The predicted molar refractivity (Wildman–Crippen MR) is 188 cm³/mol. The lowest BCUT2D eigenvalue weighted by molar-refractivity contribution is -0.140. The van der Waals surface area contributed by atoms with E-state index in [1.54, 1.807) is 42.5 Å². The van der Waals surface area contributed by atoms with E-state index in [9.17, 15) is 18.0 Å². The van der Waals surface area contributed by atoms with Gasteiger partial charge in [-0.1, -0.05) is 115 Å². The number of nitrogens with zero attached hydrogens (tertiary/aromatic N) is 2. The molecule has 1 aliphatic rings. The third-order valence-electron chi connectivity index (χ3n) is 8.73. The number of hydrogen-bond acceptors (Lipinski definition) is 4. The molecule has 1 N–H and O–H groups in total. The molecule has 7 nitrogen and oxygen atoms in total. The highest BCUT2D eigenvalue weighted by atomic mass is 35.5. The quantitative estimate of drug-likeness (QED) is 0.172. The van der Waals surface area contributed by atoms with Gasteiger partial charge in [0.05, 0.1) is 10.6 Å². The lowest BCUT2D eigenvalue weighted by Crippen LogP contribution is -2.55. The van der Waals surface area contributed by atoms with E-state index in [2.05, 4.69) is 5.32 Å². The Morgan fingerprint density at radius 2 is 1.40 bits per heavy atom. The Morgan fingerprint density at radius 1 is 0.809 bits per heavy atom. The van der Waals surface area contributed by atoms with Gasteiger partial charge in [0, 0.05) is 24.0 Å². The van der Waals surface area contributed by atoms with E-state index in [-0.39, 0.29) is 29.8 Å². The van der Waals surface area contributed by atoms with Crippen molar-refractivity contribution in [2.24, 2.45) is 0 Å². The Hall–Kier alpha value is -4.14. The third kappa shape index (κ3) is 8.82. The van der Waals surface area contributed by atoms with Gasteiger partial charge in [0.15, 0.2) is 0 Å². The SMILES string of the molecule is Cc1ccc(N(CC(=O)N(Cc2ccccc2Cl)[C@@H](Cc2ccccc2)C(=O)NC2CCCCC2)S(=O)(=O)c2ccc(C)cc2)cc1. The van der Waals surface area contributed by atoms with Crippen LogP contribution in [0.4, 0.5) is 5.69 Å². The molecule has 0 radical (unpaired) electrons. The van der Waals surface area contributed by atoms with Crippen molar-refractivity contribution in [3.8, 4) is 0 Å². The molecule has 0 heterocycles. The highest BCUT2D eigenvalue weighted by molar-refractivity contribution is 7.92. The molecule has 5 rings (SSSR count). The molecule has 0 unspecified atom stereocenters. The van der Waals surface area contributed by atoms with Gasteiger partial charge in [0.1, 0.15) is 12.6 Å². The van der Waals surface area contributed by atoms with Crippen molar-refractivity contribution in [1.82, 2.24) is 10.2 Å². The lowest BCUT2D eigenvalue weighted by atomic mass is 9.94. The summed E-state index contributed by atoms with van der Waals surface area (Å²) in [4.78, 5) is 30.4. The molecule has 0 aromatic heterocycles. The molecule has 0 bridgehead atoms. The minimum atomic E-state index is -4.16. The maximum absolute atomic E-state index is 14.7. The molecule has 0 spiro atoms.